The molecule has 0 atom stereocenters. The Morgan fingerprint density at radius 2 is 1.89 bits per heavy atom. The third-order valence-electron chi connectivity index (χ3n) is 2.78. The molecule has 2 aromatic carbocycles. The van der Waals surface area contributed by atoms with E-state index in [1.54, 1.807) is 12.1 Å². The molecule has 0 aliphatic rings. The Hall–Kier alpha value is -2.01. The van der Waals surface area contributed by atoms with Gasteiger partial charge in [-0.1, -0.05) is 12.1 Å². The van der Waals surface area contributed by atoms with Crippen molar-refractivity contribution in [2.75, 3.05) is 5.32 Å². The molecule has 0 saturated carbocycles. The topological polar surface area (TPSA) is 24.9 Å². The van der Waals surface area contributed by atoms with E-state index >= 15 is 0 Å². The first-order chi connectivity index (χ1) is 9.22. The van der Waals surface area contributed by atoms with Crippen LogP contribution in [-0.4, -0.2) is 4.37 Å². The van der Waals surface area contributed by atoms with Gasteiger partial charge in [-0.15, -0.1) is 0 Å². The maximum atomic E-state index is 13.2. The lowest BCUT2D eigenvalue weighted by molar-refractivity contribution is 0.626. The van der Waals surface area contributed by atoms with Gasteiger partial charge in [0.05, 0.1) is 4.70 Å². The van der Waals surface area contributed by atoms with Gasteiger partial charge >= 0.3 is 0 Å². The van der Waals surface area contributed by atoms with Gasteiger partial charge in [0.15, 0.2) is 0 Å². The van der Waals surface area contributed by atoms with Gasteiger partial charge in [-0.05, 0) is 47.4 Å². The van der Waals surface area contributed by atoms with Gasteiger partial charge in [0, 0.05) is 11.9 Å². The average Bonchev–Trinajstić information content (AvgIpc) is 2.79. The molecule has 96 valence electrons. The summed E-state index contributed by atoms with van der Waals surface area (Å²) < 4.78 is 31.4. The van der Waals surface area contributed by atoms with Crippen molar-refractivity contribution in [3.63, 3.8) is 0 Å². The first kappa shape index (κ1) is 12.0. The quantitative estimate of drug-likeness (QED) is 0.776. The lowest BCUT2D eigenvalue weighted by atomic mass is 10.2. The minimum absolute atomic E-state index is 0.270. The standard InChI is InChI=1S/C14H10F2N2S/c15-10-3-1-2-9(6-10)8-17-14-12-7-11(16)4-5-13(12)19-18-14/h1-7H,8H2,(H,17,18). The SMILES string of the molecule is Fc1cccc(CNc2nsc3ccc(F)cc23)c1. The zero-order valence-electron chi connectivity index (χ0n) is 9.86. The molecular formula is C14H10F2N2S. The van der Waals surface area contributed by atoms with Crippen LogP contribution in [0.4, 0.5) is 14.6 Å². The third-order valence-corrected chi connectivity index (χ3v) is 3.61. The van der Waals surface area contributed by atoms with Crippen molar-refractivity contribution < 1.29 is 8.78 Å². The summed E-state index contributed by atoms with van der Waals surface area (Å²) >= 11 is 1.31. The Bertz CT molecular complexity index is 724. The van der Waals surface area contributed by atoms with Crippen molar-refractivity contribution in [2.24, 2.45) is 0 Å². The summed E-state index contributed by atoms with van der Waals surface area (Å²) in [7, 11) is 0. The van der Waals surface area contributed by atoms with Crippen LogP contribution >= 0.6 is 11.5 Å². The van der Waals surface area contributed by atoms with Crippen molar-refractivity contribution in [3.8, 4) is 0 Å². The summed E-state index contributed by atoms with van der Waals surface area (Å²) in [6.07, 6.45) is 0. The Morgan fingerprint density at radius 1 is 1.05 bits per heavy atom. The number of benzene rings is 2. The van der Waals surface area contributed by atoms with E-state index in [9.17, 15) is 8.78 Å². The van der Waals surface area contributed by atoms with Crippen LogP contribution in [0.2, 0.25) is 0 Å². The molecule has 0 amide bonds. The molecule has 0 bridgehead atoms. The second-order valence-electron chi connectivity index (χ2n) is 4.16. The number of hydrogen-bond acceptors (Lipinski definition) is 3. The van der Waals surface area contributed by atoms with Gasteiger partial charge < -0.3 is 5.32 Å². The lowest BCUT2D eigenvalue weighted by Crippen LogP contribution is -2.00. The van der Waals surface area contributed by atoms with Gasteiger partial charge in [0.25, 0.3) is 0 Å². The van der Waals surface area contributed by atoms with E-state index in [1.807, 2.05) is 6.07 Å². The van der Waals surface area contributed by atoms with Gasteiger partial charge in [-0.3, -0.25) is 0 Å². The highest BCUT2D eigenvalue weighted by molar-refractivity contribution is 7.13. The summed E-state index contributed by atoms with van der Waals surface area (Å²) in [5.41, 5.74) is 0.817. The maximum Gasteiger partial charge on any atom is 0.147 e. The molecule has 0 spiro atoms. The van der Waals surface area contributed by atoms with Crippen LogP contribution in [0.15, 0.2) is 42.5 Å². The predicted molar refractivity (Wildman–Crippen MR) is 73.3 cm³/mol. The number of anilines is 1. The molecular weight excluding hydrogens is 266 g/mol. The van der Waals surface area contributed by atoms with E-state index < -0.39 is 0 Å². The molecule has 1 heterocycles. The Balaban J connectivity index is 1.84. The highest BCUT2D eigenvalue weighted by atomic mass is 32.1. The van der Waals surface area contributed by atoms with Crippen LogP contribution in [0.1, 0.15) is 5.56 Å². The largest absolute Gasteiger partial charge is 0.365 e. The van der Waals surface area contributed by atoms with Crippen LogP contribution in [0.3, 0.4) is 0 Å². The zero-order valence-corrected chi connectivity index (χ0v) is 10.7. The molecule has 2 nitrogen and oxygen atoms in total. The van der Waals surface area contributed by atoms with E-state index in [1.165, 1.54) is 35.8 Å². The molecule has 3 rings (SSSR count). The molecule has 0 aliphatic carbocycles. The summed E-state index contributed by atoms with van der Waals surface area (Å²) in [6, 6.07) is 10.9. The van der Waals surface area contributed by atoms with E-state index in [0.717, 1.165) is 15.6 Å². The monoisotopic (exact) mass is 276 g/mol. The fourth-order valence-corrected chi connectivity index (χ4v) is 2.61. The van der Waals surface area contributed by atoms with Crippen molar-refractivity contribution in [2.45, 2.75) is 6.54 Å². The summed E-state index contributed by atoms with van der Waals surface area (Å²) in [5, 5.41) is 3.86. The second kappa shape index (κ2) is 4.93. The van der Waals surface area contributed by atoms with E-state index in [0.29, 0.717) is 12.4 Å². The molecule has 0 saturated heterocycles. The Morgan fingerprint density at radius 3 is 2.74 bits per heavy atom. The van der Waals surface area contributed by atoms with Crippen molar-refractivity contribution in [1.29, 1.82) is 0 Å². The first-order valence-corrected chi connectivity index (χ1v) is 6.53. The molecule has 0 aliphatic heterocycles. The number of rotatable bonds is 3. The van der Waals surface area contributed by atoms with Crippen LogP contribution in [0.5, 0.6) is 0 Å². The number of halogens is 2. The average molecular weight is 276 g/mol. The number of aromatic nitrogens is 1. The molecule has 1 N–H and O–H groups in total. The van der Waals surface area contributed by atoms with Crippen LogP contribution < -0.4 is 5.32 Å². The predicted octanol–water partition coefficient (Wildman–Crippen LogP) is 4.19. The molecule has 1 aromatic heterocycles. The molecule has 0 unspecified atom stereocenters. The van der Waals surface area contributed by atoms with Gasteiger partial charge in [-0.25, -0.2) is 8.78 Å². The highest BCUT2D eigenvalue weighted by Crippen LogP contribution is 2.27. The summed E-state index contributed by atoms with van der Waals surface area (Å²) in [6.45, 7) is 0.451. The lowest BCUT2D eigenvalue weighted by Gasteiger charge is -2.04. The first-order valence-electron chi connectivity index (χ1n) is 5.75. The number of hydrogen-bond donors (Lipinski definition) is 1. The molecule has 5 heteroatoms. The Labute approximate surface area is 112 Å². The van der Waals surface area contributed by atoms with Crippen LogP contribution in [0, 0.1) is 11.6 Å². The fraction of sp³-hybridized carbons (Fsp3) is 0.0714. The van der Waals surface area contributed by atoms with Crippen molar-refractivity contribution >= 4 is 27.4 Å². The van der Waals surface area contributed by atoms with E-state index in [-0.39, 0.29) is 11.6 Å². The van der Waals surface area contributed by atoms with Gasteiger partial charge in [0.1, 0.15) is 17.5 Å². The molecule has 3 aromatic rings. The summed E-state index contributed by atoms with van der Waals surface area (Å²) in [5.74, 6) is 0.0683. The molecule has 0 radical (unpaired) electrons. The normalized spacial score (nSPS) is 10.8. The van der Waals surface area contributed by atoms with Crippen molar-refractivity contribution in [3.05, 3.63) is 59.7 Å². The fourth-order valence-electron chi connectivity index (χ4n) is 1.87. The smallest absolute Gasteiger partial charge is 0.147 e. The minimum Gasteiger partial charge on any atom is -0.365 e. The number of nitrogens with one attached hydrogen (secondary N) is 1. The minimum atomic E-state index is -0.290. The Kier molecular flexibility index (Phi) is 3.13. The zero-order chi connectivity index (χ0) is 13.2. The van der Waals surface area contributed by atoms with E-state index in [4.69, 9.17) is 0 Å². The number of nitrogens with zero attached hydrogens (tertiary/aromatic N) is 1. The van der Waals surface area contributed by atoms with Gasteiger partial charge in [-0.2, -0.15) is 4.37 Å². The second-order valence-corrected chi connectivity index (χ2v) is 4.96. The molecule has 19 heavy (non-hydrogen) atoms. The van der Waals surface area contributed by atoms with E-state index in [2.05, 4.69) is 9.69 Å². The van der Waals surface area contributed by atoms with Gasteiger partial charge in [0.2, 0.25) is 0 Å². The maximum absolute atomic E-state index is 13.2. The summed E-state index contributed by atoms with van der Waals surface area (Å²) in [4.78, 5) is 0. The third kappa shape index (κ3) is 2.56. The van der Waals surface area contributed by atoms with Crippen LogP contribution in [0.25, 0.3) is 10.1 Å². The highest BCUT2D eigenvalue weighted by Gasteiger charge is 2.07. The molecule has 0 fully saturated rings. The number of fused-ring (bicyclic) bond motifs is 1. The van der Waals surface area contributed by atoms with Crippen molar-refractivity contribution in [1.82, 2.24) is 4.37 Å². The van der Waals surface area contributed by atoms with Crippen LogP contribution in [-0.2, 0) is 6.54 Å².